The van der Waals surface area contributed by atoms with Gasteiger partial charge in [-0.15, -0.1) is 0 Å². The minimum absolute atomic E-state index is 0.294. The maximum atomic E-state index is 3.82. The lowest BCUT2D eigenvalue weighted by molar-refractivity contribution is 0.331. The van der Waals surface area contributed by atoms with Crippen LogP contribution in [-0.4, -0.2) is 25.2 Å². The predicted molar refractivity (Wildman–Crippen MR) is 89.6 cm³/mol. The van der Waals surface area contributed by atoms with Crippen LogP contribution >= 0.6 is 15.9 Å². The molecule has 1 N–H and O–H groups in total. The van der Waals surface area contributed by atoms with Gasteiger partial charge in [0.2, 0.25) is 0 Å². The van der Waals surface area contributed by atoms with Gasteiger partial charge in [0.15, 0.2) is 0 Å². The van der Waals surface area contributed by atoms with Crippen LogP contribution in [0.25, 0.3) is 0 Å². The molecule has 2 nitrogen and oxygen atoms in total. The van der Waals surface area contributed by atoms with E-state index in [-0.39, 0.29) is 0 Å². The van der Waals surface area contributed by atoms with E-state index in [0.717, 1.165) is 19.0 Å². The second kappa shape index (κ2) is 5.34. The molecule has 0 spiro atoms. The Morgan fingerprint density at radius 3 is 2.50 bits per heavy atom. The van der Waals surface area contributed by atoms with Crippen molar-refractivity contribution in [3.05, 3.63) is 27.7 Å². The topological polar surface area (TPSA) is 15.3 Å². The summed E-state index contributed by atoms with van der Waals surface area (Å²) < 4.78 is 1.19. The Kier molecular flexibility index (Phi) is 3.85. The van der Waals surface area contributed by atoms with E-state index in [0.29, 0.717) is 5.54 Å². The Bertz CT molecular complexity index is 487. The average molecular weight is 337 g/mol. The van der Waals surface area contributed by atoms with Crippen LogP contribution in [0, 0.1) is 19.8 Å². The molecule has 0 amide bonds. The maximum absolute atomic E-state index is 3.82. The second-order valence-corrected chi connectivity index (χ2v) is 7.70. The Labute approximate surface area is 131 Å². The summed E-state index contributed by atoms with van der Waals surface area (Å²) in [4.78, 5) is 2.62. The number of nitrogens with one attached hydrogen (secondary N) is 1. The van der Waals surface area contributed by atoms with Crippen molar-refractivity contribution in [1.82, 2.24) is 5.32 Å². The Hall–Kier alpha value is -0.540. The Morgan fingerprint density at radius 2 is 1.90 bits per heavy atom. The molecule has 1 saturated heterocycles. The quantitative estimate of drug-likeness (QED) is 0.876. The molecule has 3 rings (SSSR count). The fourth-order valence-electron chi connectivity index (χ4n) is 3.76. The molecule has 1 saturated carbocycles. The van der Waals surface area contributed by atoms with Crippen LogP contribution in [-0.2, 0) is 0 Å². The van der Waals surface area contributed by atoms with Crippen molar-refractivity contribution in [3.8, 4) is 0 Å². The molecule has 110 valence electrons. The van der Waals surface area contributed by atoms with Gasteiger partial charge in [-0.2, -0.15) is 0 Å². The summed E-state index contributed by atoms with van der Waals surface area (Å²) in [6.07, 6.45) is 4.03. The lowest BCUT2D eigenvalue weighted by Gasteiger charge is -2.36. The largest absolute Gasteiger partial charge is 0.369 e. The van der Waals surface area contributed by atoms with Gasteiger partial charge in [-0.25, -0.2) is 0 Å². The lowest BCUT2D eigenvalue weighted by Crippen LogP contribution is -2.51. The molecule has 1 unspecified atom stereocenters. The Balaban J connectivity index is 1.92. The third-order valence-corrected chi connectivity index (χ3v) is 5.36. The molecule has 0 aromatic heterocycles. The van der Waals surface area contributed by atoms with Crippen LogP contribution in [0.3, 0.4) is 0 Å². The van der Waals surface area contributed by atoms with E-state index in [1.165, 1.54) is 47.1 Å². The highest BCUT2D eigenvalue weighted by molar-refractivity contribution is 9.10. The smallest absolute Gasteiger partial charge is 0.0427 e. The normalized spacial score (nSPS) is 27.5. The fraction of sp³-hybridized carbons (Fsp3) is 0.647. The highest BCUT2D eigenvalue weighted by Crippen LogP contribution is 2.42. The molecule has 2 fully saturated rings. The van der Waals surface area contributed by atoms with Crippen LogP contribution in [0.2, 0.25) is 0 Å². The molecule has 0 radical (unpaired) electrons. The molecule has 1 heterocycles. The molecule has 1 atom stereocenters. The number of halogens is 1. The molecule has 0 bridgehead atoms. The summed E-state index contributed by atoms with van der Waals surface area (Å²) >= 11 is 3.61. The van der Waals surface area contributed by atoms with Crippen LogP contribution in [0.15, 0.2) is 16.6 Å². The number of hydrogen-bond acceptors (Lipinski definition) is 2. The SMILES string of the molecule is Cc1cc(Br)cc(C)c1N1CCCNC(C)(C2CC2)C1. The van der Waals surface area contributed by atoms with Gasteiger partial charge < -0.3 is 10.2 Å². The zero-order valence-electron chi connectivity index (χ0n) is 12.8. The predicted octanol–water partition coefficient (Wildman–Crippen LogP) is 4.03. The van der Waals surface area contributed by atoms with Crippen LogP contribution < -0.4 is 10.2 Å². The van der Waals surface area contributed by atoms with Gasteiger partial charge in [0.05, 0.1) is 0 Å². The van der Waals surface area contributed by atoms with Crippen molar-refractivity contribution in [1.29, 1.82) is 0 Å². The van der Waals surface area contributed by atoms with Crippen molar-refractivity contribution in [2.75, 3.05) is 24.5 Å². The summed E-state index contributed by atoms with van der Waals surface area (Å²) in [7, 11) is 0. The monoisotopic (exact) mass is 336 g/mol. The van der Waals surface area contributed by atoms with Crippen LogP contribution in [0.5, 0.6) is 0 Å². The number of rotatable bonds is 2. The zero-order valence-corrected chi connectivity index (χ0v) is 14.4. The van der Waals surface area contributed by atoms with E-state index in [1.807, 2.05) is 0 Å². The summed E-state index contributed by atoms with van der Waals surface area (Å²) in [5.74, 6) is 0.874. The van der Waals surface area contributed by atoms with Gasteiger partial charge in [0.1, 0.15) is 0 Å². The van der Waals surface area contributed by atoms with Crippen LogP contribution in [0.4, 0.5) is 5.69 Å². The molecule has 20 heavy (non-hydrogen) atoms. The summed E-state index contributed by atoms with van der Waals surface area (Å²) in [5, 5.41) is 3.82. The third-order valence-electron chi connectivity index (χ3n) is 4.90. The van der Waals surface area contributed by atoms with Gasteiger partial charge >= 0.3 is 0 Å². The summed E-state index contributed by atoms with van der Waals surface area (Å²) in [6.45, 7) is 10.4. The molecule has 1 aromatic rings. The van der Waals surface area contributed by atoms with Crippen molar-refractivity contribution in [2.45, 2.75) is 45.6 Å². The standard InChI is InChI=1S/C17H25BrN2/c1-12-9-15(18)10-13(2)16(12)20-8-4-7-19-17(3,11-20)14-5-6-14/h9-10,14,19H,4-8,11H2,1-3H3. The van der Waals surface area contributed by atoms with E-state index in [9.17, 15) is 0 Å². The molecule has 2 aliphatic rings. The highest BCUT2D eigenvalue weighted by Gasteiger charge is 2.43. The fourth-order valence-corrected chi connectivity index (χ4v) is 4.45. The molecule has 1 aliphatic carbocycles. The number of nitrogens with zero attached hydrogens (tertiary/aromatic N) is 1. The van der Waals surface area contributed by atoms with Crippen molar-refractivity contribution in [2.24, 2.45) is 5.92 Å². The minimum Gasteiger partial charge on any atom is -0.369 e. The van der Waals surface area contributed by atoms with E-state index in [4.69, 9.17) is 0 Å². The number of aryl methyl sites for hydroxylation is 2. The lowest BCUT2D eigenvalue weighted by atomic mass is 9.94. The van der Waals surface area contributed by atoms with Crippen molar-refractivity contribution in [3.63, 3.8) is 0 Å². The number of benzene rings is 1. The zero-order chi connectivity index (χ0) is 14.3. The van der Waals surface area contributed by atoms with Crippen molar-refractivity contribution < 1.29 is 0 Å². The van der Waals surface area contributed by atoms with Crippen LogP contribution in [0.1, 0.15) is 37.3 Å². The van der Waals surface area contributed by atoms with Gasteiger partial charge in [0.25, 0.3) is 0 Å². The molecular formula is C17H25BrN2. The molecule has 1 aromatic carbocycles. The first-order chi connectivity index (χ1) is 9.49. The number of hydrogen-bond donors (Lipinski definition) is 1. The van der Waals surface area contributed by atoms with Gasteiger partial charge in [0, 0.05) is 28.8 Å². The van der Waals surface area contributed by atoms with Crippen molar-refractivity contribution >= 4 is 21.6 Å². The van der Waals surface area contributed by atoms with E-state index >= 15 is 0 Å². The first-order valence-electron chi connectivity index (χ1n) is 7.76. The molecule has 3 heteroatoms. The van der Waals surface area contributed by atoms with E-state index in [1.54, 1.807) is 0 Å². The average Bonchev–Trinajstić information content (AvgIpc) is 3.15. The third kappa shape index (κ3) is 2.75. The summed E-state index contributed by atoms with van der Waals surface area (Å²) in [5.41, 5.74) is 4.51. The number of anilines is 1. The molecular weight excluding hydrogens is 312 g/mol. The molecule has 1 aliphatic heterocycles. The first kappa shape index (κ1) is 14.4. The summed E-state index contributed by atoms with van der Waals surface area (Å²) in [6, 6.07) is 4.49. The maximum Gasteiger partial charge on any atom is 0.0427 e. The highest BCUT2D eigenvalue weighted by atomic mass is 79.9. The Morgan fingerprint density at radius 1 is 1.25 bits per heavy atom. The van der Waals surface area contributed by atoms with E-state index < -0.39 is 0 Å². The van der Waals surface area contributed by atoms with Gasteiger partial charge in [-0.05, 0) is 75.8 Å². The minimum atomic E-state index is 0.294. The van der Waals surface area contributed by atoms with Gasteiger partial charge in [-0.3, -0.25) is 0 Å². The van der Waals surface area contributed by atoms with E-state index in [2.05, 4.69) is 59.1 Å². The second-order valence-electron chi connectivity index (χ2n) is 6.78. The first-order valence-corrected chi connectivity index (χ1v) is 8.56. The van der Waals surface area contributed by atoms with Gasteiger partial charge in [-0.1, -0.05) is 15.9 Å².